The smallest absolute Gasteiger partial charge is 0.407 e. The summed E-state index contributed by atoms with van der Waals surface area (Å²) in [7, 11) is 0. The van der Waals surface area contributed by atoms with Crippen molar-refractivity contribution in [3.8, 4) is 0 Å². The Hall–Kier alpha value is -2.44. The van der Waals surface area contributed by atoms with Crippen LogP contribution in [0.2, 0.25) is 0 Å². The molecular weight excluding hydrogens is 300 g/mol. The number of carbonyl (C=O) groups excluding carboxylic acids is 2. The number of nitrogens with one attached hydrogen (secondary N) is 1. The van der Waals surface area contributed by atoms with Crippen molar-refractivity contribution in [2.45, 2.75) is 45.6 Å². The first-order chi connectivity index (χ1) is 10.7. The van der Waals surface area contributed by atoms with Gasteiger partial charge in [0.1, 0.15) is 5.60 Å². The summed E-state index contributed by atoms with van der Waals surface area (Å²) in [6.07, 6.45) is 1.12. The lowest BCUT2D eigenvalue weighted by Gasteiger charge is -2.19. The van der Waals surface area contributed by atoms with Crippen LogP contribution in [0.15, 0.2) is 24.3 Å². The first-order valence-electron chi connectivity index (χ1n) is 7.43. The number of nitrogens with zero attached hydrogens (tertiary/aromatic N) is 1. The monoisotopic (exact) mass is 322 g/mol. The Kier molecular flexibility index (Phi) is 6.68. The number of ketones is 1. The van der Waals surface area contributed by atoms with Crippen LogP contribution in [0, 0.1) is 10.1 Å². The molecule has 1 aromatic carbocycles. The van der Waals surface area contributed by atoms with Crippen molar-refractivity contribution >= 4 is 17.6 Å². The van der Waals surface area contributed by atoms with Crippen LogP contribution in [-0.4, -0.2) is 28.9 Å². The number of benzene rings is 1. The predicted molar refractivity (Wildman–Crippen MR) is 85.5 cm³/mol. The second-order valence-corrected chi connectivity index (χ2v) is 6.11. The molecule has 0 aliphatic carbocycles. The summed E-state index contributed by atoms with van der Waals surface area (Å²) in [6, 6.07) is 5.55. The van der Waals surface area contributed by atoms with Gasteiger partial charge in [0, 0.05) is 30.7 Å². The van der Waals surface area contributed by atoms with Gasteiger partial charge in [0.05, 0.1) is 4.92 Å². The van der Waals surface area contributed by atoms with Gasteiger partial charge < -0.3 is 10.1 Å². The zero-order valence-electron chi connectivity index (χ0n) is 13.6. The lowest BCUT2D eigenvalue weighted by molar-refractivity contribution is -0.384. The van der Waals surface area contributed by atoms with Crippen LogP contribution in [0.25, 0.3) is 0 Å². The molecule has 1 amide bonds. The molecule has 1 N–H and O–H groups in total. The number of amides is 1. The van der Waals surface area contributed by atoms with E-state index in [0.717, 1.165) is 0 Å². The van der Waals surface area contributed by atoms with E-state index in [4.69, 9.17) is 4.74 Å². The molecule has 0 spiro atoms. The molecule has 0 atom stereocenters. The molecular formula is C16H22N2O5. The maximum atomic E-state index is 11.9. The normalized spacial score (nSPS) is 10.9. The molecule has 0 aliphatic rings. The number of rotatable bonds is 7. The van der Waals surface area contributed by atoms with Crippen LogP contribution in [0.4, 0.5) is 10.5 Å². The van der Waals surface area contributed by atoms with Crippen LogP contribution in [0.3, 0.4) is 0 Å². The van der Waals surface area contributed by atoms with Crippen LogP contribution < -0.4 is 5.32 Å². The van der Waals surface area contributed by atoms with Gasteiger partial charge in [-0.15, -0.1) is 0 Å². The van der Waals surface area contributed by atoms with Crippen LogP contribution in [-0.2, 0) is 4.74 Å². The minimum absolute atomic E-state index is 0.0388. The van der Waals surface area contributed by atoms with Gasteiger partial charge >= 0.3 is 6.09 Å². The van der Waals surface area contributed by atoms with Crippen molar-refractivity contribution in [2.24, 2.45) is 0 Å². The molecule has 126 valence electrons. The molecule has 23 heavy (non-hydrogen) atoms. The lowest BCUT2D eigenvalue weighted by Crippen LogP contribution is -2.33. The number of unbranched alkanes of at least 4 members (excludes halogenated alkanes) is 1. The third kappa shape index (κ3) is 7.39. The summed E-state index contributed by atoms with van der Waals surface area (Å²) >= 11 is 0. The molecule has 1 rings (SSSR count). The number of Topliss-reactive ketones (excluding diaryl/α,β-unsaturated/α-hetero) is 1. The molecule has 1 aromatic rings. The fourth-order valence-corrected chi connectivity index (χ4v) is 1.83. The molecule has 7 nitrogen and oxygen atoms in total. The maximum absolute atomic E-state index is 11.9. The van der Waals surface area contributed by atoms with E-state index >= 15 is 0 Å². The van der Waals surface area contributed by atoms with Crippen molar-refractivity contribution in [1.29, 1.82) is 0 Å². The summed E-state index contributed by atoms with van der Waals surface area (Å²) in [5.74, 6) is -0.0721. The molecule has 0 saturated heterocycles. The number of hydrogen-bond donors (Lipinski definition) is 1. The van der Waals surface area contributed by atoms with Gasteiger partial charge in [-0.3, -0.25) is 14.9 Å². The van der Waals surface area contributed by atoms with E-state index in [-0.39, 0.29) is 11.5 Å². The van der Waals surface area contributed by atoms with Crippen molar-refractivity contribution in [1.82, 2.24) is 5.32 Å². The van der Waals surface area contributed by atoms with E-state index in [9.17, 15) is 19.7 Å². The highest BCUT2D eigenvalue weighted by Gasteiger charge is 2.15. The third-order valence-corrected chi connectivity index (χ3v) is 2.90. The molecule has 0 aliphatic heterocycles. The second kappa shape index (κ2) is 8.26. The van der Waals surface area contributed by atoms with Gasteiger partial charge in [-0.2, -0.15) is 0 Å². The number of alkyl carbamates (subject to hydrolysis) is 1. The Morgan fingerprint density at radius 1 is 1.17 bits per heavy atom. The number of nitro groups is 1. The topological polar surface area (TPSA) is 98.5 Å². The first kappa shape index (κ1) is 18.6. The molecule has 0 fully saturated rings. The summed E-state index contributed by atoms with van der Waals surface area (Å²) < 4.78 is 5.09. The van der Waals surface area contributed by atoms with Crippen molar-refractivity contribution < 1.29 is 19.2 Å². The highest BCUT2D eigenvalue weighted by Crippen LogP contribution is 2.14. The molecule has 0 saturated carbocycles. The van der Waals surface area contributed by atoms with Crippen LogP contribution in [0.5, 0.6) is 0 Å². The lowest BCUT2D eigenvalue weighted by atomic mass is 10.1. The Morgan fingerprint density at radius 2 is 1.78 bits per heavy atom. The fourth-order valence-electron chi connectivity index (χ4n) is 1.83. The second-order valence-electron chi connectivity index (χ2n) is 6.11. The van der Waals surface area contributed by atoms with Crippen molar-refractivity contribution in [3.05, 3.63) is 39.9 Å². The molecule has 0 heterocycles. The first-order valence-corrected chi connectivity index (χ1v) is 7.43. The van der Waals surface area contributed by atoms with E-state index in [1.54, 1.807) is 20.8 Å². The Morgan fingerprint density at radius 3 is 2.30 bits per heavy atom. The molecule has 0 aromatic heterocycles. The molecule has 0 radical (unpaired) electrons. The Balaban J connectivity index is 2.26. The van der Waals surface area contributed by atoms with E-state index in [2.05, 4.69) is 5.32 Å². The number of hydrogen-bond acceptors (Lipinski definition) is 5. The van der Waals surface area contributed by atoms with Crippen LogP contribution in [0.1, 0.15) is 50.4 Å². The van der Waals surface area contributed by atoms with Crippen molar-refractivity contribution in [3.63, 3.8) is 0 Å². The summed E-state index contributed by atoms with van der Waals surface area (Å²) in [5.41, 5.74) is -0.116. The van der Waals surface area contributed by atoms with Gasteiger partial charge in [0.15, 0.2) is 5.78 Å². The zero-order chi connectivity index (χ0) is 17.5. The van der Waals surface area contributed by atoms with Crippen LogP contribution >= 0.6 is 0 Å². The van der Waals surface area contributed by atoms with Gasteiger partial charge in [-0.05, 0) is 45.7 Å². The average Bonchev–Trinajstić information content (AvgIpc) is 2.45. The Bertz CT molecular complexity index is 561. The highest BCUT2D eigenvalue weighted by molar-refractivity contribution is 5.96. The van der Waals surface area contributed by atoms with E-state index in [1.165, 1.54) is 24.3 Å². The number of nitro benzene ring substituents is 1. The quantitative estimate of drug-likeness (QED) is 0.358. The molecule has 0 unspecified atom stereocenters. The Labute approximate surface area is 135 Å². The number of ether oxygens (including phenoxy) is 1. The minimum Gasteiger partial charge on any atom is -0.444 e. The third-order valence-electron chi connectivity index (χ3n) is 2.90. The van der Waals surface area contributed by atoms with E-state index in [1.807, 2.05) is 0 Å². The van der Waals surface area contributed by atoms with Crippen molar-refractivity contribution in [2.75, 3.05) is 6.54 Å². The number of non-ortho nitro benzene ring substituents is 1. The standard InChI is InChI=1S/C16H22N2O5/c1-16(2,3)23-15(20)17-11-5-4-6-14(19)12-7-9-13(10-8-12)18(21)22/h7-10H,4-6,11H2,1-3H3,(H,17,20). The summed E-state index contributed by atoms with van der Waals surface area (Å²) in [5, 5.41) is 13.2. The number of carbonyl (C=O) groups is 2. The average molecular weight is 322 g/mol. The predicted octanol–water partition coefficient (Wildman–Crippen LogP) is 3.47. The summed E-state index contributed by atoms with van der Waals surface area (Å²) in [6.45, 7) is 5.79. The SMILES string of the molecule is CC(C)(C)OC(=O)NCCCCC(=O)c1ccc([N+](=O)[O-])cc1. The molecule has 0 bridgehead atoms. The summed E-state index contributed by atoms with van der Waals surface area (Å²) in [4.78, 5) is 33.4. The maximum Gasteiger partial charge on any atom is 0.407 e. The van der Waals surface area contributed by atoms with Gasteiger partial charge in [0.2, 0.25) is 0 Å². The van der Waals surface area contributed by atoms with E-state index in [0.29, 0.717) is 31.4 Å². The zero-order valence-corrected chi connectivity index (χ0v) is 13.6. The van der Waals surface area contributed by atoms with Gasteiger partial charge in [-0.1, -0.05) is 0 Å². The largest absolute Gasteiger partial charge is 0.444 e. The highest BCUT2D eigenvalue weighted by atomic mass is 16.6. The van der Waals surface area contributed by atoms with Gasteiger partial charge in [0.25, 0.3) is 5.69 Å². The molecule has 7 heteroatoms. The van der Waals surface area contributed by atoms with E-state index < -0.39 is 16.6 Å². The fraction of sp³-hybridized carbons (Fsp3) is 0.500. The minimum atomic E-state index is -0.532. The van der Waals surface area contributed by atoms with Gasteiger partial charge in [-0.25, -0.2) is 4.79 Å².